The van der Waals surface area contributed by atoms with Crippen LogP contribution < -0.4 is 0 Å². The van der Waals surface area contributed by atoms with Gasteiger partial charge in [-0.3, -0.25) is 9.59 Å². The second kappa shape index (κ2) is 9.28. The Hall–Kier alpha value is -1.78. The maximum atomic E-state index is 11.6. The number of unbranched alkanes of at least 4 members (excludes halogenated alkanes) is 5. The molecule has 1 aliphatic heterocycles. The van der Waals surface area contributed by atoms with Crippen molar-refractivity contribution in [1.82, 2.24) is 0 Å². The van der Waals surface area contributed by atoms with Crippen molar-refractivity contribution in [2.45, 2.75) is 64.6 Å². The highest BCUT2D eigenvalue weighted by atomic mass is 16.7. The zero-order valence-electron chi connectivity index (χ0n) is 13.6. The van der Waals surface area contributed by atoms with Gasteiger partial charge in [0.25, 0.3) is 0 Å². The first-order chi connectivity index (χ1) is 10.5. The van der Waals surface area contributed by atoms with Crippen LogP contribution in [-0.4, -0.2) is 24.1 Å². The predicted octanol–water partition coefficient (Wildman–Crippen LogP) is 3.64. The Labute approximate surface area is 132 Å². The van der Waals surface area contributed by atoms with Gasteiger partial charge in [-0.1, -0.05) is 25.3 Å². The van der Waals surface area contributed by atoms with Crippen LogP contribution in [-0.2, 0) is 23.8 Å². The fourth-order valence-corrected chi connectivity index (χ4v) is 2.01. The van der Waals surface area contributed by atoms with Crippen molar-refractivity contribution in [1.29, 1.82) is 0 Å². The van der Waals surface area contributed by atoms with Crippen LogP contribution in [0.4, 0.5) is 0 Å². The molecule has 0 fully saturated rings. The number of rotatable bonds is 11. The number of ketones is 1. The average molecular weight is 310 g/mol. The first kappa shape index (κ1) is 18.3. The van der Waals surface area contributed by atoms with E-state index in [0.717, 1.165) is 32.1 Å². The normalized spacial score (nSPS) is 19.8. The summed E-state index contributed by atoms with van der Waals surface area (Å²) in [7, 11) is 0. The van der Waals surface area contributed by atoms with Crippen LogP contribution in [0.5, 0.6) is 0 Å². The van der Waals surface area contributed by atoms with Crippen LogP contribution in [0.3, 0.4) is 0 Å². The fraction of sp³-hybridized carbons (Fsp3) is 0.647. The molecule has 0 aromatic rings. The summed E-state index contributed by atoms with van der Waals surface area (Å²) in [6, 6.07) is 0. The van der Waals surface area contributed by atoms with Crippen LogP contribution in [0, 0.1) is 0 Å². The van der Waals surface area contributed by atoms with Crippen LogP contribution in [0.15, 0.2) is 24.7 Å². The summed E-state index contributed by atoms with van der Waals surface area (Å²) in [5.74, 6) is -1.42. The van der Waals surface area contributed by atoms with Gasteiger partial charge in [0.1, 0.15) is 6.26 Å². The van der Waals surface area contributed by atoms with E-state index in [9.17, 15) is 9.59 Å². The van der Waals surface area contributed by atoms with Gasteiger partial charge >= 0.3 is 11.8 Å². The fourth-order valence-electron chi connectivity index (χ4n) is 2.01. The Balaban J connectivity index is 2.07. The molecule has 0 saturated heterocycles. The third-order valence-electron chi connectivity index (χ3n) is 3.55. The van der Waals surface area contributed by atoms with Gasteiger partial charge in [-0.15, -0.1) is 6.58 Å². The smallest absolute Gasteiger partial charge is 0.307 e. The van der Waals surface area contributed by atoms with E-state index < -0.39 is 5.79 Å². The second-order valence-corrected chi connectivity index (χ2v) is 5.56. The lowest BCUT2D eigenvalue weighted by Gasteiger charge is -2.20. The molecule has 5 nitrogen and oxygen atoms in total. The quantitative estimate of drug-likeness (QED) is 0.331. The van der Waals surface area contributed by atoms with E-state index in [0.29, 0.717) is 12.2 Å². The van der Waals surface area contributed by atoms with Gasteiger partial charge in [0.2, 0.25) is 5.78 Å². The van der Waals surface area contributed by atoms with E-state index in [1.54, 1.807) is 0 Å². The molecule has 124 valence electrons. The minimum Gasteiger partial charge on any atom is -0.457 e. The third-order valence-corrected chi connectivity index (χ3v) is 3.55. The van der Waals surface area contributed by atoms with Crippen molar-refractivity contribution in [3.63, 3.8) is 0 Å². The zero-order chi connectivity index (χ0) is 16.4. The highest BCUT2D eigenvalue weighted by Gasteiger charge is 2.39. The van der Waals surface area contributed by atoms with Crippen molar-refractivity contribution < 1.29 is 23.8 Å². The molecule has 5 heteroatoms. The molecule has 22 heavy (non-hydrogen) atoms. The van der Waals surface area contributed by atoms with Crippen LogP contribution in [0.2, 0.25) is 0 Å². The molecule has 0 spiro atoms. The van der Waals surface area contributed by atoms with Gasteiger partial charge in [-0.2, -0.15) is 0 Å². The van der Waals surface area contributed by atoms with Crippen LogP contribution in [0.25, 0.3) is 0 Å². The predicted molar refractivity (Wildman–Crippen MR) is 82.8 cm³/mol. The number of carbonyl (C=O) groups is 2. The van der Waals surface area contributed by atoms with Crippen molar-refractivity contribution in [3.8, 4) is 0 Å². The van der Waals surface area contributed by atoms with Crippen molar-refractivity contribution in [2.24, 2.45) is 0 Å². The summed E-state index contributed by atoms with van der Waals surface area (Å²) < 4.78 is 15.6. The second-order valence-electron chi connectivity index (χ2n) is 5.56. The molecule has 1 atom stereocenters. The zero-order valence-corrected chi connectivity index (χ0v) is 13.6. The number of esters is 1. The molecule has 0 bridgehead atoms. The summed E-state index contributed by atoms with van der Waals surface area (Å²) in [5.41, 5.74) is 0. The minimum absolute atomic E-state index is 0.00103. The summed E-state index contributed by atoms with van der Waals surface area (Å²) in [5, 5.41) is 0. The third kappa shape index (κ3) is 6.33. The molecular formula is C17H26O5. The first-order valence-electron chi connectivity index (χ1n) is 7.81. The molecule has 0 radical (unpaired) electrons. The average Bonchev–Trinajstić information content (AvgIpc) is 2.87. The van der Waals surface area contributed by atoms with Crippen LogP contribution >= 0.6 is 0 Å². The SMILES string of the molecule is C=CCCCCCCCC(=O)OCC1=COC(C)(C(C)=O)O1. The molecule has 1 heterocycles. The molecule has 1 unspecified atom stereocenters. The van der Waals surface area contributed by atoms with E-state index in [1.807, 2.05) is 6.08 Å². The highest BCUT2D eigenvalue weighted by molar-refractivity contribution is 5.83. The monoisotopic (exact) mass is 310 g/mol. The molecular weight excluding hydrogens is 284 g/mol. The summed E-state index contributed by atoms with van der Waals surface area (Å²) in [6.07, 6.45) is 10.0. The van der Waals surface area contributed by atoms with Crippen molar-refractivity contribution >= 4 is 11.8 Å². The molecule has 0 N–H and O–H groups in total. The van der Waals surface area contributed by atoms with Gasteiger partial charge < -0.3 is 14.2 Å². The van der Waals surface area contributed by atoms with E-state index in [-0.39, 0.29) is 18.4 Å². The number of carbonyl (C=O) groups excluding carboxylic acids is 2. The maximum absolute atomic E-state index is 11.6. The molecule has 0 amide bonds. The van der Waals surface area contributed by atoms with Crippen LogP contribution in [0.1, 0.15) is 58.8 Å². The molecule has 0 aliphatic carbocycles. The maximum Gasteiger partial charge on any atom is 0.307 e. The van der Waals surface area contributed by atoms with Gasteiger partial charge in [0.05, 0.1) is 0 Å². The minimum atomic E-state index is -1.28. The van der Waals surface area contributed by atoms with E-state index in [1.165, 1.54) is 26.5 Å². The summed E-state index contributed by atoms with van der Waals surface area (Å²) in [6.45, 7) is 6.61. The number of hydrogen-bond donors (Lipinski definition) is 0. The summed E-state index contributed by atoms with van der Waals surface area (Å²) in [4.78, 5) is 22.9. The Morgan fingerprint density at radius 3 is 2.59 bits per heavy atom. The number of allylic oxidation sites excluding steroid dienone is 1. The Bertz CT molecular complexity index is 427. The number of hydrogen-bond acceptors (Lipinski definition) is 5. The van der Waals surface area contributed by atoms with E-state index >= 15 is 0 Å². The first-order valence-corrected chi connectivity index (χ1v) is 7.81. The van der Waals surface area contributed by atoms with E-state index in [2.05, 4.69) is 6.58 Å². The molecule has 0 aromatic heterocycles. The lowest BCUT2D eigenvalue weighted by molar-refractivity contribution is -0.170. The van der Waals surface area contributed by atoms with Gasteiger partial charge in [-0.05, 0) is 19.3 Å². The summed E-state index contributed by atoms with van der Waals surface area (Å²) >= 11 is 0. The van der Waals surface area contributed by atoms with Gasteiger partial charge in [0.15, 0.2) is 12.4 Å². The topological polar surface area (TPSA) is 61.8 Å². The molecule has 0 aromatic carbocycles. The highest BCUT2D eigenvalue weighted by Crippen LogP contribution is 2.26. The number of Topliss-reactive ketones (excluding diaryl/α,β-unsaturated/α-hetero) is 1. The molecule has 1 rings (SSSR count). The lowest BCUT2D eigenvalue weighted by atomic mass is 10.1. The van der Waals surface area contributed by atoms with Crippen molar-refractivity contribution in [3.05, 3.63) is 24.7 Å². The Morgan fingerprint density at radius 2 is 1.95 bits per heavy atom. The van der Waals surface area contributed by atoms with Crippen molar-refractivity contribution in [2.75, 3.05) is 6.61 Å². The molecule has 1 aliphatic rings. The van der Waals surface area contributed by atoms with Gasteiger partial charge in [-0.25, -0.2) is 0 Å². The Kier molecular flexibility index (Phi) is 7.71. The lowest BCUT2D eigenvalue weighted by Crippen LogP contribution is -2.34. The Morgan fingerprint density at radius 1 is 1.27 bits per heavy atom. The van der Waals surface area contributed by atoms with E-state index in [4.69, 9.17) is 14.2 Å². The molecule has 0 saturated carbocycles. The largest absolute Gasteiger partial charge is 0.457 e. The number of ether oxygens (including phenoxy) is 3. The standard InChI is InChI=1S/C17H26O5/c1-4-5-6-7-8-9-10-11-16(19)20-12-15-13-21-17(3,22-15)14(2)18/h4,13H,1,5-12H2,2-3H3. The van der Waals surface area contributed by atoms with Gasteiger partial charge in [0, 0.05) is 20.3 Å².